The van der Waals surface area contributed by atoms with E-state index in [0.717, 1.165) is 38.6 Å². The summed E-state index contributed by atoms with van der Waals surface area (Å²) in [6, 6.07) is 0. The van der Waals surface area contributed by atoms with Crippen LogP contribution in [0, 0.1) is 17.8 Å². The molecule has 2 aliphatic rings. The van der Waals surface area contributed by atoms with Crippen LogP contribution in [0.2, 0.25) is 0 Å². The van der Waals surface area contributed by atoms with Crippen molar-refractivity contribution in [2.75, 3.05) is 32.4 Å². The van der Waals surface area contributed by atoms with Crippen LogP contribution in [-0.4, -0.2) is 51.1 Å². The molecule has 1 aliphatic carbocycles. The van der Waals surface area contributed by atoms with Crippen molar-refractivity contribution in [2.24, 2.45) is 23.5 Å². The Kier molecular flexibility index (Phi) is 5.62. The van der Waals surface area contributed by atoms with E-state index in [0.29, 0.717) is 25.6 Å². The van der Waals surface area contributed by atoms with Crippen molar-refractivity contribution in [3.8, 4) is 0 Å². The molecular formula is C14H27N3O3S. The Bertz CT molecular complexity index is 458. The van der Waals surface area contributed by atoms with E-state index >= 15 is 0 Å². The zero-order chi connectivity index (χ0) is 15.5. The fourth-order valence-corrected chi connectivity index (χ4v) is 4.23. The van der Waals surface area contributed by atoms with Gasteiger partial charge in [-0.2, -0.15) is 0 Å². The summed E-state index contributed by atoms with van der Waals surface area (Å²) < 4.78 is 24.4. The summed E-state index contributed by atoms with van der Waals surface area (Å²) in [6.45, 7) is 2.40. The standard InChI is InChI=1S/C14H27N3O3S/c1-21(19,20)17-7-6-12(10-17)9-16-14(18)13-4-2-11(8-15)3-5-13/h11-13H,2-10,15H2,1H3,(H,16,18). The van der Waals surface area contributed by atoms with Crippen LogP contribution in [0.3, 0.4) is 0 Å². The number of sulfonamides is 1. The van der Waals surface area contributed by atoms with Gasteiger partial charge in [0.2, 0.25) is 15.9 Å². The first-order chi connectivity index (χ1) is 9.90. The van der Waals surface area contributed by atoms with Gasteiger partial charge < -0.3 is 11.1 Å². The van der Waals surface area contributed by atoms with E-state index in [2.05, 4.69) is 5.32 Å². The Morgan fingerprint density at radius 3 is 2.38 bits per heavy atom. The molecule has 0 spiro atoms. The number of hydrogen-bond donors (Lipinski definition) is 2. The molecule has 1 unspecified atom stereocenters. The fourth-order valence-electron chi connectivity index (χ4n) is 3.31. The minimum Gasteiger partial charge on any atom is -0.356 e. The predicted molar refractivity (Wildman–Crippen MR) is 82.0 cm³/mol. The Hall–Kier alpha value is -0.660. The summed E-state index contributed by atoms with van der Waals surface area (Å²) in [5.41, 5.74) is 5.66. The normalized spacial score (nSPS) is 31.2. The third kappa shape index (κ3) is 4.66. The third-order valence-electron chi connectivity index (χ3n) is 4.83. The lowest BCUT2D eigenvalue weighted by molar-refractivity contribution is -0.126. The van der Waals surface area contributed by atoms with Crippen LogP contribution in [0.4, 0.5) is 0 Å². The number of nitrogens with two attached hydrogens (primary N) is 1. The average molecular weight is 317 g/mol. The highest BCUT2D eigenvalue weighted by atomic mass is 32.2. The Morgan fingerprint density at radius 2 is 1.86 bits per heavy atom. The molecule has 0 bridgehead atoms. The van der Waals surface area contributed by atoms with Crippen molar-refractivity contribution in [1.29, 1.82) is 0 Å². The lowest BCUT2D eigenvalue weighted by Gasteiger charge is -2.27. The van der Waals surface area contributed by atoms with E-state index in [1.165, 1.54) is 10.6 Å². The molecule has 1 saturated heterocycles. The van der Waals surface area contributed by atoms with Gasteiger partial charge >= 0.3 is 0 Å². The Balaban J connectivity index is 1.71. The number of amides is 1. The molecule has 7 heteroatoms. The molecular weight excluding hydrogens is 290 g/mol. The molecule has 0 aromatic heterocycles. The van der Waals surface area contributed by atoms with Gasteiger partial charge in [0.05, 0.1) is 6.26 Å². The summed E-state index contributed by atoms with van der Waals surface area (Å²) in [6.07, 6.45) is 6.00. The van der Waals surface area contributed by atoms with Crippen LogP contribution in [-0.2, 0) is 14.8 Å². The first-order valence-corrected chi connectivity index (χ1v) is 9.68. The summed E-state index contributed by atoms with van der Waals surface area (Å²) in [4.78, 5) is 12.2. The molecule has 1 atom stereocenters. The van der Waals surface area contributed by atoms with E-state index in [4.69, 9.17) is 5.73 Å². The van der Waals surface area contributed by atoms with Crippen LogP contribution >= 0.6 is 0 Å². The van der Waals surface area contributed by atoms with Crippen LogP contribution in [0.15, 0.2) is 0 Å². The smallest absolute Gasteiger partial charge is 0.223 e. The SMILES string of the molecule is CS(=O)(=O)N1CCC(CNC(=O)C2CCC(CN)CC2)C1. The summed E-state index contributed by atoms with van der Waals surface area (Å²) in [5, 5.41) is 3.01. The first kappa shape index (κ1) is 16.7. The quantitative estimate of drug-likeness (QED) is 0.755. The van der Waals surface area contributed by atoms with Crippen LogP contribution in [0.5, 0.6) is 0 Å². The fraction of sp³-hybridized carbons (Fsp3) is 0.929. The van der Waals surface area contributed by atoms with Gasteiger partial charge in [-0.05, 0) is 50.5 Å². The van der Waals surface area contributed by atoms with Crippen LogP contribution in [0.25, 0.3) is 0 Å². The monoisotopic (exact) mass is 317 g/mol. The molecule has 0 radical (unpaired) electrons. The van der Waals surface area contributed by atoms with Crippen molar-refractivity contribution >= 4 is 15.9 Å². The molecule has 21 heavy (non-hydrogen) atoms. The largest absolute Gasteiger partial charge is 0.356 e. The molecule has 122 valence electrons. The zero-order valence-corrected chi connectivity index (χ0v) is 13.6. The summed E-state index contributed by atoms with van der Waals surface area (Å²) >= 11 is 0. The molecule has 1 amide bonds. The van der Waals surface area contributed by atoms with E-state index in [-0.39, 0.29) is 17.7 Å². The topological polar surface area (TPSA) is 92.5 Å². The number of nitrogens with zero attached hydrogens (tertiary/aromatic N) is 1. The number of rotatable bonds is 5. The van der Waals surface area contributed by atoms with Crippen molar-refractivity contribution < 1.29 is 13.2 Å². The van der Waals surface area contributed by atoms with Gasteiger partial charge in [0.25, 0.3) is 0 Å². The number of nitrogens with one attached hydrogen (secondary N) is 1. The highest BCUT2D eigenvalue weighted by molar-refractivity contribution is 7.88. The minimum absolute atomic E-state index is 0.111. The molecule has 1 saturated carbocycles. The van der Waals surface area contributed by atoms with Gasteiger partial charge in [-0.1, -0.05) is 0 Å². The molecule has 2 fully saturated rings. The van der Waals surface area contributed by atoms with Gasteiger partial charge in [-0.15, -0.1) is 0 Å². The van der Waals surface area contributed by atoms with E-state index in [9.17, 15) is 13.2 Å². The lowest BCUT2D eigenvalue weighted by Crippen LogP contribution is -2.37. The number of hydrogen-bond acceptors (Lipinski definition) is 4. The highest BCUT2D eigenvalue weighted by Crippen LogP contribution is 2.28. The van der Waals surface area contributed by atoms with E-state index in [1.54, 1.807) is 0 Å². The Labute approximate surface area is 127 Å². The first-order valence-electron chi connectivity index (χ1n) is 7.83. The molecule has 1 heterocycles. The van der Waals surface area contributed by atoms with Gasteiger partial charge in [-0.3, -0.25) is 4.79 Å². The summed E-state index contributed by atoms with van der Waals surface area (Å²) in [7, 11) is -3.09. The van der Waals surface area contributed by atoms with Crippen LogP contribution in [0.1, 0.15) is 32.1 Å². The van der Waals surface area contributed by atoms with Crippen molar-refractivity contribution in [3.05, 3.63) is 0 Å². The number of carbonyl (C=O) groups excluding carboxylic acids is 1. The van der Waals surface area contributed by atoms with Crippen molar-refractivity contribution in [3.63, 3.8) is 0 Å². The number of carbonyl (C=O) groups is 1. The molecule has 0 aromatic rings. The molecule has 2 rings (SSSR count). The van der Waals surface area contributed by atoms with Crippen molar-refractivity contribution in [1.82, 2.24) is 9.62 Å². The maximum absolute atomic E-state index is 12.2. The van der Waals surface area contributed by atoms with E-state index in [1.807, 2.05) is 0 Å². The van der Waals surface area contributed by atoms with Gasteiger partial charge in [0.15, 0.2) is 0 Å². The Morgan fingerprint density at radius 1 is 1.19 bits per heavy atom. The minimum atomic E-state index is -3.09. The maximum Gasteiger partial charge on any atom is 0.223 e. The zero-order valence-electron chi connectivity index (χ0n) is 12.8. The van der Waals surface area contributed by atoms with Crippen LogP contribution < -0.4 is 11.1 Å². The predicted octanol–water partition coefficient (Wildman–Crippen LogP) is 0.149. The lowest BCUT2D eigenvalue weighted by atomic mass is 9.81. The van der Waals surface area contributed by atoms with Gasteiger partial charge in [0, 0.05) is 25.6 Å². The van der Waals surface area contributed by atoms with E-state index < -0.39 is 10.0 Å². The van der Waals surface area contributed by atoms with Crippen molar-refractivity contribution in [2.45, 2.75) is 32.1 Å². The molecule has 3 N–H and O–H groups in total. The second kappa shape index (κ2) is 7.07. The average Bonchev–Trinajstić information content (AvgIpc) is 2.94. The van der Waals surface area contributed by atoms with Gasteiger partial charge in [0.1, 0.15) is 0 Å². The molecule has 0 aromatic carbocycles. The second-order valence-electron chi connectivity index (χ2n) is 6.47. The maximum atomic E-state index is 12.2. The molecule has 6 nitrogen and oxygen atoms in total. The highest BCUT2D eigenvalue weighted by Gasteiger charge is 2.30. The summed E-state index contributed by atoms with van der Waals surface area (Å²) in [5.74, 6) is 1.06. The van der Waals surface area contributed by atoms with Gasteiger partial charge in [-0.25, -0.2) is 12.7 Å². The third-order valence-corrected chi connectivity index (χ3v) is 6.10. The molecule has 1 aliphatic heterocycles. The second-order valence-corrected chi connectivity index (χ2v) is 8.46.